The topological polar surface area (TPSA) is 6.48 Å². The van der Waals surface area contributed by atoms with Crippen LogP contribution < -0.4 is 9.80 Å². The molecule has 10 rings (SSSR count). The highest BCUT2D eigenvalue weighted by Gasteiger charge is 2.48. The van der Waals surface area contributed by atoms with Crippen molar-refractivity contribution in [1.82, 2.24) is 0 Å². The summed E-state index contributed by atoms with van der Waals surface area (Å²) in [7, 11) is 0. The van der Waals surface area contributed by atoms with Crippen LogP contribution in [0.4, 0.5) is 34.1 Å². The molecule has 272 valence electrons. The third kappa shape index (κ3) is 5.72. The number of benzene rings is 9. The lowest BCUT2D eigenvalue weighted by Gasteiger charge is -2.36. The fourth-order valence-electron chi connectivity index (χ4n) is 9.05. The van der Waals surface area contributed by atoms with Gasteiger partial charge in [-0.3, -0.25) is 0 Å². The molecule has 0 heterocycles. The van der Waals surface area contributed by atoms with Crippen molar-refractivity contribution in [2.45, 2.75) is 19.3 Å². The van der Waals surface area contributed by atoms with E-state index in [9.17, 15) is 0 Å². The van der Waals surface area contributed by atoms with E-state index in [1.165, 1.54) is 55.3 Å². The first-order valence-electron chi connectivity index (χ1n) is 19.8. The van der Waals surface area contributed by atoms with Gasteiger partial charge in [0.25, 0.3) is 0 Å². The predicted octanol–water partition coefficient (Wildman–Crippen LogP) is 14.8. The largest absolute Gasteiger partial charge is 0.310 e. The van der Waals surface area contributed by atoms with Crippen molar-refractivity contribution < 1.29 is 0 Å². The number of fused-ring (bicyclic) bond motifs is 5. The Morgan fingerprint density at radius 1 is 0.333 bits per heavy atom. The van der Waals surface area contributed by atoms with Gasteiger partial charge in [-0.05, 0) is 119 Å². The summed E-state index contributed by atoms with van der Waals surface area (Å²) in [4.78, 5) is 4.81. The van der Waals surface area contributed by atoms with Gasteiger partial charge in [-0.25, -0.2) is 0 Å². The molecule has 0 amide bonds. The maximum Gasteiger partial charge on any atom is 0.0715 e. The normalized spacial score (nSPS) is 12.5. The summed E-state index contributed by atoms with van der Waals surface area (Å²) in [5, 5.41) is 2.44. The van der Waals surface area contributed by atoms with E-state index in [0.717, 1.165) is 34.1 Å². The van der Waals surface area contributed by atoms with Gasteiger partial charge < -0.3 is 9.80 Å². The molecule has 0 aromatic heterocycles. The minimum absolute atomic E-state index is 0.640. The summed E-state index contributed by atoms with van der Waals surface area (Å²) in [5.74, 6) is 0. The van der Waals surface area contributed by atoms with Crippen molar-refractivity contribution in [1.29, 1.82) is 0 Å². The number of anilines is 6. The van der Waals surface area contributed by atoms with Gasteiger partial charge in [-0.15, -0.1) is 0 Å². The van der Waals surface area contributed by atoms with Crippen LogP contribution in [0.3, 0.4) is 0 Å². The third-order valence-electron chi connectivity index (χ3n) is 11.6. The first-order valence-corrected chi connectivity index (χ1v) is 19.8. The number of hydrogen-bond acceptors (Lipinski definition) is 2. The van der Waals surface area contributed by atoms with E-state index in [1.807, 2.05) is 0 Å². The van der Waals surface area contributed by atoms with Crippen LogP contribution in [-0.2, 0) is 5.41 Å². The maximum atomic E-state index is 2.50. The predicted molar refractivity (Wildman–Crippen MR) is 240 cm³/mol. The van der Waals surface area contributed by atoms with Gasteiger partial charge in [-0.1, -0.05) is 163 Å². The van der Waals surface area contributed by atoms with Gasteiger partial charge in [0.1, 0.15) is 0 Å². The molecule has 1 aliphatic rings. The van der Waals surface area contributed by atoms with Crippen molar-refractivity contribution in [2.24, 2.45) is 0 Å². The van der Waals surface area contributed by atoms with E-state index >= 15 is 0 Å². The fraction of sp³-hybridized carbons (Fsp3) is 0.0545. The second-order valence-corrected chi connectivity index (χ2v) is 15.1. The van der Waals surface area contributed by atoms with Crippen LogP contribution in [0.1, 0.15) is 33.4 Å². The number of rotatable bonds is 8. The quantitative estimate of drug-likeness (QED) is 0.154. The molecule has 9 aromatic rings. The zero-order valence-electron chi connectivity index (χ0n) is 32.2. The molecule has 0 aliphatic heterocycles. The minimum Gasteiger partial charge on any atom is -0.310 e. The summed E-state index contributed by atoms with van der Waals surface area (Å²) in [6, 6.07) is 80.2. The molecule has 2 nitrogen and oxygen atoms in total. The molecule has 9 aromatic carbocycles. The van der Waals surface area contributed by atoms with Crippen LogP contribution in [0, 0.1) is 13.8 Å². The Morgan fingerprint density at radius 2 is 0.754 bits per heavy atom. The van der Waals surface area contributed by atoms with E-state index in [4.69, 9.17) is 0 Å². The number of nitrogens with zero attached hydrogens (tertiary/aromatic N) is 2. The van der Waals surface area contributed by atoms with Gasteiger partial charge in [-0.2, -0.15) is 0 Å². The molecule has 0 radical (unpaired) electrons. The highest BCUT2D eigenvalue weighted by molar-refractivity contribution is 6.11. The number of hydrogen-bond donors (Lipinski definition) is 0. The summed E-state index contributed by atoms with van der Waals surface area (Å²) >= 11 is 0. The lowest BCUT2D eigenvalue weighted by molar-refractivity contribution is 0.768. The zero-order chi connectivity index (χ0) is 38.3. The molecule has 1 aliphatic carbocycles. The Kier molecular flexibility index (Phi) is 8.53. The van der Waals surface area contributed by atoms with Gasteiger partial charge in [0.15, 0.2) is 0 Å². The zero-order valence-corrected chi connectivity index (χ0v) is 32.2. The molecule has 0 atom stereocenters. The number of para-hydroxylation sites is 4. The van der Waals surface area contributed by atoms with E-state index in [-0.39, 0.29) is 0 Å². The Morgan fingerprint density at radius 3 is 1.23 bits per heavy atom. The van der Waals surface area contributed by atoms with Crippen molar-refractivity contribution in [2.75, 3.05) is 9.80 Å². The fourth-order valence-corrected chi connectivity index (χ4v) is 9.05. The Labute approximate surface area is 335 Å². The van der Waals surface area contributed by atoms with Gasteiger partial charge >= 0.3 is 0 Å². The van der Waals surface area contributed by atoms with Crippen LogP contribution in [0.15, 0.2) is 218 Å². The first-order chi connectivity index (χ1) is 28.1. The second-order valence-electron chi connectivity index (χ2n) is 15.1. The third-order valence-corrected chi connectivity index (χ3v) is 11.6. The lowest BCUT2D eigenvalue weighted by Crippen LogP contribution is -2.29. The van der Waals surface area contributed by atoms with Crippen LogP contribution in [0.25, 0.3) is 21.9 Å². The molecular weight excluding hydrogens is 689 g/mol. The van der Waals surface area contributed by atoms with Gasteiger partial charge in [0.05, 0.1) is 11.1 Å². The SMILES string of the molecule is Cc1ccc(C2(c3ccc(C)cc3)c3cc(N(c4ccccc4)c4ccccc4)ccc3-c3c2cc(N(c2ccccc2)c2ccccc2)c2ccccc32)cc1. The number of aryl methyl sites for hydroxylation is 2. The van der Waals surface area contributed by atoms with E-state index in [0.29, 0.717) is 0 Å². The van der Waals surface area contributed by atoms with E-state index < -0.39 is 5.41 Å². The molecule has 0 unspecified atom stereocenters. The molecule has 0 saturated carbocycles. The molecule has 0 bridgehead atoms. The molecule has 0 N–H and O–H groups in total. The van der Waals surface area contributed by atoms with Crippen LogP contribution >= 0.6 is 0 Å². The summed E-state index contributed by atoms with van der Waals surface area (Å²) < 4.78 is 0. The van der Waals surface area contributed by atoms with Crippen LogP contribution in [0.5, 0.6) is 0 Å². The Hall–Kier alpha value is -7.16. The van der Waals surface area contributed by atoms with Crippen LogP contribution in [0.2, 0.25) is 0 Å². The average molecular weight is 731 g/mol. The van der Waals surface area contributed by atoms with Gasteiger partial charge in [0, 0.05) is 33.8 Å². The monoisotopic (exact) mass is 730 g/mol. The lowest BCUT2D eigenvalue weighted by atomic mass is 9.67. The highest BCUT2D eigenvalue weighted by Crippen LogP contribution is 2.60. The Bertz CT molecular complexity index is 2710. The minimum atomic E-state index is -0.640. The summed E-state index contributed by atoms with van der Waals surface area (Å²) in [6.07, 6.45) is 0. The van der Waals surface area contributed by atoms with Crippen molar-refractivity contribution >= 4 is 44.9 Å². The van der Waals surface area contributed by atoms with Crippen molar-refractivity contribution in [3.8, 4) is 11.1 Å². The van der Waals surface area contributed by atoms with E-state index in [2.05, 4.69) is 242 Å². The maximum absolute atomic E-state index is 2.50. The van der Waals surface area contributed by atoms with Gasteiger partial charge in [0.2, 0.25) is 0 Å². The highest BCUT2D eigenvalue weighted by atomic mass is 15.1. The van der Waals surface area contributed by atoms with E-state index in [1.54, 1.807) is 0 Å². The van der Waals surface area contributed by atoms with Crippen LogP contribution in [-0.4, -0.2) is 0 Å². The Balaban J connectivity index is 1.35. The second kappa shape index (κ2) is 14.2. The summed E-state index contributed by atoms with van der Waals surface area (Å²) in [5.41, 5.74) is 16.1. The molecule has 0 spiro atoms. The summed E-state index contributed by atoms with van der Waals surface area (Å²) in [6.45, 7) is 4.36. The average Bonchev–Trinajstić information content (AvgIpc) is 3.56. The smallest absolute Gasteiger partial charge is 0.0715 e. The van der Waals surface area contributed by atoms with Crippen molar-refractivity contribution in [3.05, 3.63) is 252 Å². The van der Waals surface area contributed by atoms with Crippen molar-refractivity contribution in [3.63, 3.8) is 0 Å². The molecule has 57 heavy (non-hydrogen) atoms. The standard InChI is InChI=1S/C55H42N2/c1-39-27-31-41(32-28-39)55(42-33-29-40(2)30-34-42)51-37-47(56(43-17-7-3-8-18-43)44-19-9-4-10-20-44)35-36-50(51)54-49-26-16-15-25-48(49)53(38-52(54)55)57(45-21-11-5-12-22-45)46-23-13-6-14-24-46/h3-38H,1-2H3. The molecular formula is C55H42N2. The molecule has 2 heteroatoms. The molecule has 0 fully saturated rings. The molecule has 0 saturated heterocycles. The first kappa shape index (κ1) is 34.3.